The van der Waals surface area contributed by atoms with Gasteiger partial charge in [-0.05, 0) is 125 Å². The number of para-hydroxylation sites is 3. The van der Waals surface area contributed by atoms with Crippen molar-refractivity contribution in [1.29, 1.82) is 10.5 Å². The number of benzene rings is 5. The Labute approximate surface area is 298 Å². The maximum absolute atomic E-state index is 9.57. The fourth-order valence-corrected chi connectivity index (χ4v) is 6.99. The van der Waals surface area contributed by atoms with Crippen LogP contribution in [0.1, 0.15) is 74.3 Å². The van der Waals surface area contributed by atoms with Crippen molar-refractivity contribution in [2.45, 2.75) is 46.5 Å². The average molecular weight is 661 g/mol. The predicted octanol–water partition coefficient (Wildman–Crippen LogP) is 11.8. The SMILES string of the molecule is C#C/C=C\C(=C/C)c1cc(C(C)C)c(-n2c(-c3cccc4c3oc3cc(-c5cc(C#N)cc(C#N)c5)ccc34)nc3ccccc32)c(C(C)C)c1. The lowest BCUT2D eigenvalue weighted by Gasteiger charge is -2.24. The molecule has 0 bridgehead atoms. The van der Waals surface area contributed by atoms with Gasteiger partial charge in [-0.3, -0.25) is 4.57 Å². The first-order chi connectivity index (χ1) is 24.8. The molecule has 0 aliphatic heterocycles. The van der Waals surface area contributed by atoms with Gasteiger partial charge in [0.25, 0.3) is 0 Å². The van der Waals surface area contributed by atoms with Gasteiger partial charge in [0.1, 0.15) is 17.0 Å². The van der Waals surface area contributed by atoms with Gasteiger partial charge in [0.2, 0.25) is 0 Å². The second-order valence-corrected chi connectivity index (χ2v) is 13.3. The number of aromatic nitrogens is 2. The van der Waals surface area contributed by atoms with Crippen LogP contribution in [-0.4, -0.2) is 9.55 Å². The molecule has 0 aliphatic rings. The molecule has 0 aliphatic carbocycles. The van der Waals surface area contributed by atoms with Crippen molar-refractivity contribution in [2.75, 3.05) is 0 Å². The minimum atomic E-state index is 0.211. The monoisotopic (exact) mass is 660 g/mol. The first kappa shape index (κ1) is 32.9. The van der Waals surface area contributed by atoms with E-state index in [2.05, 4.69) is 105 Å². The van der Waals surface area contributed by atoms with Crippen molar-refractivity contribution >= 4 is 38.5 Å². The molecule has 7 aromatic rings. The summed E-state index contributed by atoms with van der Waals surface area (Å²) < 4.78 is 9.06. The van der Waals surface area contributed by atoms with E-state index in [9.17, 15) is 10.5 Å². The van der Waals surface area contributed by atoms with Crippen LogP contribution in [0.2, 0.25) is 0 Å². The molecule has 2 aromatic heterocycles. The molecule has 0 fully saturated rings. The summed E-state index contributed by atoms with van der Waals surface area (Å²) >= 11 is 0. The van der Waals surface area contributed by atoms with Crippen LogP contribution in [-0.2, 0) is 0 Å². The Hall–Kier alpha value is -6.61. The first-order valence-corrected chi connectivity index (χ1v) is 17.1. The third-order valence-electron chi connectivity index (χ3n) is 9.47. The van der Waals surface area contributed by atoms with Crippen LogP contribution in [0, 0.1) is 35.0 Å². The fraction of sp³-hybridized carbons (Fsp3) is 0.152. The van der Waals surface area contributed by atoms with Crippen molar-refractivity contribution in [1.82, 2.24) is 9.55 Å². The zero-order chi connectivity index (χ0) is 35.8. The summed E-state index contributed by atoms with van der Waals surface area (Å²) in [7, 11) is 0. The van der Waals surface area contributed by atoms with Gasteiger partial charge in [-0.15, -0.1) is 6.42 Å². The quantitative estimate of drug-likeness (QED) is 0.126. The Morgan fingerprint density at radius 1 is 0.804 bits per heavy atom. The maximum Gasteiger partial charge on any atom is 0.149 e. The highest BCUT2D eigenvalue weighted by atomic mass is 16.3. The van der Waals surface area contributed by atoms with Crippen LogP contribution in [0.3, 0.4) is 0 Å². The van der Waals surface area contributed by atoms with Crippen molar-refractivity contribution in [3.8, 4) is 52.7 Å². The normalized spacial score (nSPS) is 12.0. The summed E-state index contributed by atoms with van der Waals surface area (Å²) in [6, 6.07) is 34.7. The molecule has 2 heterocycles. The van der Waals surface area contributed by atoms with Crippen LogP contribution >= 0.6 is 0 Å². The number of fused-ring (bicyclic) bond motifs is 4. The van der Waals surface area contributed by atoms with Crippen LogP contribution in [0.4, 0.5) is 0 Å². The van der Waals surface area contributed by atoms with Gasteiger partial charge in [0, 0.05) is 10.8 Å². The molecule has 0 spiro atoms. The van der Waals surface area contributed by atoms with Gasteiger partial charge in [0.15, 0.2) is 0 Å². The van der Waals surface area contributed by atoms with E-state index in [0.717, 1.165) is 66.7 Å². The highest BCUT2D eigenvalue weighted by Crippen LogP contribution is 2.42. The third-order valence-corrected chi connectivity index (χ3v) is 9.47. The van der Waals surface area contributed by atoms with Gasteiger partial charge < -0.3 is 4.42 Å². The van der Waals surface area contributed by atoms with Crippen LogP contribution in [0.25, 0.3) is 66.7 Å². The molecular formula is C46H36N4O. The zero-order valence-electron chi connectivity index (χ0n) is 29.3. The smallest absolute Gasteiger partial charge is 0.149 e. The molecule has 5 aromatic carbocycles. The van der Waals surface area contributed by atoms with Gasteiger partial charge >= 0.3 is 0 Å². The number of rotatable bonds is 7. The van der Waals surface area contributed by atoms with E-state index in [1.165, 1.54) is 11.1 Å². The molecule has 246 valence electrons. The molecule has 0 saturated heterocycles. The fourth-order valence-electron chi connectivity index (χ4n) is 6.99. The van der Waals surface area contributed by atoms with E-state index in [1.807, 2.05) is 37.3 Å². The Morgan fingerprint density at radius 2 is 1.51 bits per heavy atom. The minimum Gasteiger partial charge on any atom is -0.455 e. The molecule has 5 nitrogen and oxygen atoms in total. The first-order valence-electron chi connectivity index (χ1n) is 17.1. The Kier molecular flexibility index (Phi) is 8.62. The van der Waals surface area contributed by atoms with Gasteiger partial charge in [0.05, 0.1) is 45.5 Å². The molecule has 0 unspecified atom stereocenters. The third kappa shape index (κ3) is 5.78. The van der Waals surface area contributed by atoms with Crippen molar-refractivity contribution in [3.63, 3.8) is 0 Å². The minimum absolute atomic E-state index is 0.211. The van der Waals surface area contributed by atoms with Crippen molar-refractivity contribution < 1.29 is 4.42 Å². The zero-order valence-corrected chi connectivity index (χ0v) is 29.3. The van der Waals surface area contributed by atoms with Crippen molar-refractivity contribution in [3.05, 3.63) is 137 Å². The van der Waals surface area contributed by atoms with Gasteiger partial charge in [-0.2, -0.15) is 10.5 Å². The van der Waals surface area contributed by atoms with Gasteiger partial charge in [-0.25, -0.2) is 4.98 Å². The van der Waals surface area contributed by atoms with Crippen molar-refractivity contribution in [2.24, 2.45) is 0 Å². The van der Waals surface area contributed by atoms with E-state index < -0.39 is 0 Å². The van der Waals surface area contributed by atoms with Crippen LogP contribution in [0.5, 0.6) is 0 Å². The largest absolute Gasteiger partial charge is 0.455 e. The average Bonchev–Trinajstić information content (AvgIpc) is 3.72. The number of nitriles is 2. The van der Waals surface area contributed by atoms with Gasteiger partial charge in [-0.1, -0.05) is 70.0 Å². The van der Waals surface area contributed by atoms with E-state index >= 15 is 0 Å². The topological polar surface area (TPSA) is 78.5 Å². The van der Waals surface area contributed by atoms with E-state index in [0.29, 0.717) is 16.7 Å². The summed E-state index contributed by atoms with van der Waals surface area (Å²) in [6.07, 6.45) is 11.4. The second kappa shape index (κ2) is 13.4. The number of terminal acetylenes is 1. The summed E-state index contributed by atoms with van der Waals surface area (Å²) in [5.74, 6) is 3.86. The molecule has 7 rings (SSSR count). The van der Waals surface area contributed by atoms with E-state index in [4.69, 9.17) is 15.8 Å². The maximum atomic E-state index is 9.57. The lowest BCUT2D eigenvalue weighted by Crippen LogP contribution is -2.10. The Bertz CT molecular complexity index is 2630. The molecular weight excluding hydrogens is 625 g/mol. The Balaban J connectivity index is 1.50. The molecule has 0 amide bonds. The lowest BCUT2D eigenvalue weighted by molar-refractivity contribution is 0.669. The number of allylic oxidation sites excluding steroid dienone is 4. The number of hydrogen-bond donors (Lipinski definition) is 0. The summed E-state index contributed by atoms with van der Waals surface area (Å²) in [5.41, 5.74) is 12.6. The number of nitrogens with zero attached hydrogens (tertiary/aromatic N) is 4. The molecule has 0 radical (unpaired) electrons. The molecule has 0 N–H and O–H groups in total. The number of furan rings is 1. The second-order valence-electron chi connectivity index (χ2n) is 13.3. The molecule has 51 heavy (non-hydrogen) atoms. The number of hydrogen-bond acceptors (Lipinski definition) is 4. The molecule has 0 saturated carbocycles. The summed E-state index contributed by atoms with van der Waals surface area (Å²) in [5, 5.41) is 21.1. The summed E-state index contributed by atoms with van der Waals surface area (Å²) in [6.45, 7) is 11.0. The Morgan fingerprint density at radius 3 is 2.16 bits per heavy atom. The van der Waals surface area contributed by atoms with Crippen LogP contribution in [0.15, 0.2) is 114 Å². The number of imidazole rings is 1. The standard InChI is InChI=1S/C46H36N4O/c1-7-9-13-32(8-2)35-23-39(28(3)4)44(40(24-35)29(5)6)50-42-17-11-10-16-41(42)49-46(50)38-15-12-14-37-36-19-18-33(25-43(36)51-45(37)38)34-21-30(26-47)20-31(22-34)27-48/h1,8-25,28-29H,2-6H3/b13-9-,32-8+. The summed E-state index contributed by atoms with van der Waals surface area (Å²) in [4.78, 5) is 5.30. The van der Waals surface area contributed by atoms with Crippen LogP contribution < -0.4 is 0 Å². The lowest BCUT2D eigenvalue weighted by atomic mass is 9.87. The predicted molar refractivity (Wildman–Crippen MR) is 208 cm³/mol. The highest BCUT2D eigenvalue weighted by Gasteiger charge is 2.25. The van der Waals surface area contributed by atoms with E-state index in [1.54, 1.807) is 24.3 Å². The van der Waals surface area contributed by atoms with E-state index in [-0.39, 0.29) is 11.8 Å². The highest BCUT2D eigenvalue weighted by molar-refractivity contribution is 6.10. The molecule has 5 heteroatoms. The molecule has 0 atom stereocenters.